The SMILES string of the molecule is FC(F)(F)c1cc(Br)cc2cccnc12. The van der Waals surface area contributed by atoms with Gasteiger partial charge in [-0.25, -0.2) is 0 Å². The second-order valence-corrected chi connectivity index (χ2v) is 3.94. The van der Waals surface area contributed by atoms with E-state index in [1.807, 2.05) is 0 Å². The number of fused-ring (bicyclic) bond motifs is 1. The van der Waals surface area contributed by atoms with E-state index < -0.39 is 11.7 Å². The van der Waals surface area contributed by atoms with Gasteiger partial charge in [0.25, 0.3) is 0 Å². The molecule has 0 aliphatic heterocycles. The summed E-state index contributed by atoms with van der Waals surface area (Å²) in [4.78, 5) is 3.75. The van der Waals surface area contributed by atoms with Gasteiger partial charge in [0, 0.05) is 16.1 Å². The molecule has 0 aliphatic carbocycles. The molecule has 15 heavy (non-hydrogen) atoms. The van der Waals surface area contributed by atoms with Gasteiger partial charge in [0.2, 0.25) is 0 Å². The molecule has 0 saturated carbocycles. The van der Waals surface area contributed by atoms with E-state index in [0.29, 0.717) is 9.86 Å². The monoisotopic (exact) mass is 275 g/mol. The van der Waals surface area contributed by atoms with Crippen molar-refractivity contribution in [2.24, 2.45) is 0 Å². The molecule has 1 heterocycles. The van der Waals surface area contributed by atoms with Gasteiger partial charge in [-0.05, 0) is 18.2 Å². The Kier molecular flexibility index (Phi) is 2.42. The Balaban J connectivity index is 2.83. The van der Waals surface area contributed by atoms with E-state index in [1.165, 1.54) is 6.20 Å². The van der Waals surface area contributed by atoms with Gasteiger partial charge in [0.1, 0.15) is 0 Å². The first-order valence-corrected chi connectivity index (χ1v) is 4.89. The van der Waals surface area contributed by atoms with E-state index in [4.69, 9.17) is 0 Å². The molecule has 5 heteroatoms. The van der Waals surface area contributed by atoms with Crippen LogP contribution >= 0.6 is 15.9 Å². The molecule has 0 spiro atoms. The van der Waals surface area contributed by atoms with Crippen molar-refractivity contribution in [3.63, 3.8) is 0 Å². The second-order valence-electron chi connectivity index (χ2n) is 3.03. The zero-order valence-corrected chi connectivity index (χ0v) is 8.93. The van der Waals surface area contributed by atoms with E-state index in [2.05, 4.69) is 20.9 Å². The minimum Gasteiger partial charge on any atom is -0.256 e. The van der Waals surface area contributed by atoms with Crippen molar-refractivity contribution in [2.75, 3.05) is 0 Å². The minimum absolute atomic E-state index is 0.0202. The summed E-state index contributed by atoms with van der Waals surface area (Å²) in [5, 5.41) is 0.471. The molecule has 1 nitrogen and oxygen atoms in total. The molecule has 0 bridgehead atoms. The van der Waals surface area contributed by atoms with Crippen molar-refractivity contribution in [3.05, 3.63) is 40.5 Å². The number of hydrogen-bond donors (Lipinski definition) is 0. The van der Waals surface area contributed by atoms with Crippen molar-refractivity contribution in [1.82, 2.24) is 4.98 Å². The Bertz CT molecular complexity index is 507. The highest BCUT2D eigenvalue weighted by Crippen LogP contribution is 2.35. The Morgan fingerprint density at radius 2 is 1.93 bits per heavy atom. The molecule has 0 aliphatic rings. The minimum atomic E-state index is -4.38. The zero-order valence-electron chi connectivity index (χ0n) is 7.35. The van der Waals surface area contributed by atoms with Crippen LogP contribution in [0.1, 0.15) is 5.56 Å². The van der Waals surface area contributed by atoms with Gasteiger partial charge in [0.15, 0.2) is 0 Å². The van der Waals surface area contributed by atoms with Gasteiger partial charge in [-0.1, -0.05) is 22.0 Å². The maximum absolute atomic E-state index is 12.6. The van der Waals surface area contributed by atoms with Crippen LogP contribution in [0.2, 0.25) is 0 Å². The van der Waals surface area contributed by atoms with Crippen molar-refractivity contribution >= 4 is 26.8 Å². The average molecular weight is 276 g/mol. The van der Waals surface area contributed by atoms with E-state index in [-0.39, 0.29) is 5.52 Å². The lowest BCUT2D eigenvalue weighted by Gasteiger charge is -2.09. The van der Waals surface area contributed by atoms with Gasteiger partial charge >= 0.3 is 6.18 Å². The predicted octanol–water partition coefficient (Wildman–Crippen LogP) is 4.02. The summed E-state index contributed by atoms with van der Waals surface area (Å²) in [6.07, 6.45) is -3.03. The number of nitrogens with zero attached hydrogens (tertiary/aromatic N) is 1. The van der Waals surface area contributed by atoms with E-state index in [1.54, 1.807) is 18.2 Å². The van der Waals surface area contributed by atoms with Crippen molar-refractivity contribution < 1.29 is 13.2 Å². The molecule has 0 fully saturated rings. The largest absolute Gasteiger partial charge is 0.418 e. The number of pyridine rings is 1. The number of hydrogen-bond acceptors (Lipinski definition) is 1. The topological polar surface area (TPSA) is 12.9 Å². The van der Waals surface area contributed by atoms with E-state index >= 15 is 0 Å². The first-order chi connectivity index (χ1) is 6.98. The Morgan fingerprint density at radius 3 is 2.60 bits per heavy atom. The fourth-order valence-electron chi connectivity index (χ4n) is 1.37. The van der Waals surface area contributed by atoms with Gasteiger partial charge < -0.3 is 0 Å². The average Bonchev–Trinajstić information content (AvgIpc) is 2.15. The molecule has 2 aromatic rings. The fourth-order valence-corrected chi connectivity index (χ4v) is 1.85. The van der Waals surface area contributed by atoms with Crippen LogP contribution in [0.15, 0.2) is 34.9 Å². The third kappa shape index (κ3) is 1.97. The zero-order chi connectivity index (χ0) is 11.1. The Morgan fingerprint density at radius 1 is 1.20 bits per heavy atom. The van der Waals surface area contributed by atoms with Gasteiger partial charge in [-0.3, -0.25) is 4.98 Å². The highest BCUT2D eigenvalue weighted by Gasteiger charge is 2.33. The molecule has 0 amide bonds. The third-order valence-electron chi connectivity index (χ3n) is 1.98. The maximum Gasteiger partial charge on any atom is 0.418 e. The molecule has 0 atom stereocenters. The summed E-state index contributed by atoms with van der Waals surface area (Å²) in [7, 11) is 0. The summed E-state index contributed by atoms with van der Waals surface area (Å²) in [6.45, 7) is 0. The van der Waals surface area contributed by atoms with Crippen LogP contribution in [0.3, 0.4) is 0 Å². The lowest BCUT2D eigenvalue weighted by atomic mass is 10.1. The van der Waals surface area contributed by atoms with E-state index in [9.17, 15) is 13.2 Å². The molecule has 0 N–H and O–H groups in total. The van der Waals surface area contributed by atoms with Crippen LogP contribution in [-0.2, 0) is 6.18 Å². The molecular formula is C10H5BrF3N. The molecule has 2 rings (SSSR count). The highest BCUT2D eigenvalue weighted by atomic mass is 79.9. The highest BCUT2D eigenvalue weighted by molar-refractivity contribution is 9.10. The standard InChI is InChI=1S/C10H5BrF3N/c11-7-4-6-2-1-3-15-9(6)8(5-7)10(12,13)14/h1-5H. The second kappa shape index (κ2) is 3.48. The van der Waals surface area contributed by atoms with Gasteiger partial charge in [-0.15, -0.1) is 0 Å². The van der Waals surface area contributed by atoms with Crippen LogP contribution < -0.4 is 0 Å². The molecular weight excluding hydrogens is 271 g/mol. The van der Waals surface area contributed by atoms with Crippen LogP contribution in [0, 0.1) is 0 Å². The predicted molar refractivity (Wildman–Crippen MR) is 54.4 cm³/mol. The fraction of sp³-hybridized carbons (Fsp3) is 0.100. The van der Waals surface area contributed by atoms with Crippen LogP contribution in [-0.4, -0.2) is 4.98 Å². The summed E-state index contributed by atoms with van der Waals surface area (Å²) in [5.74, 6) is 0. The number of benzene rings is 1. The van der Waals surface area contributed by atoms with Crippen molar-refractivity contribution in [2.45, 2.75) is 6.18 Å². The molecule has 78 valence electrons. The Hall–Kier alpha value is -1.10. The summed E-state index contributed by atoms with van der Waals surface area (Å²) < 4.78 is 38.3. The number of alkyl halides is 3. The van der Waals surface area contributed by atoms with Gasteiger partial charge in [0.05, 0.1) is 11.1 Å². The molecule has 0 radical (unpaired) electrons. The Labute approximate surface area is 92.1 Å². The third-order valence-corrected chi connectivity index (χ3v) is 2.43. The lowest BCUT2D eigenvalue weighted by Crippen LogP contribution is -2.06. The van der Waals surface area contributed by atoms with E-state index in [0.717, 1.165) is 6.07 Å². The quantitative estimate of drug-likeness (QED) is 0.708. The first-order valence-electron chi connectivity index (χ1n) is 4.10. The molecule has 0 saturated heterocycles. The van der Waals surface area contributed by atoms with Gasteiger partial charge in [-0.2, -0.15) is 13.2 Å². The number of halogens is 4. The molecule has 1 aromatic heterocycles. The maximum atomic E-state index is 12.6. The molecule has 0 unspecified atom stereocenters. The summed E-state index contributed by atoms with van der Waals surface area (Å²) in [5.41, 5.74) is -0.735. The summed E-state index contributed by atoms with van der Waals surface area (Å²) in [6, 6.07) is 5.85. The molecule has 1 aromatic carbocycles. The normalized spacial score (nSPS) is 12.0. The summed E-state index contributed by atoms with van der Waals surface area (Å²) >= 11 is 3.05. The smallest absolute Gasteiger partial charge is 0.256 e. The van der Waals surface area contributed by atoms with Crippen LogP contribution in [0.5, 0.6) is 0 Å². The number of rotatable bonds is 0. The number of aromatic nitrogens is 1. The van der Waals surface area contributed by atoms with Crippen LogP contribution in [0.25, 0.3) is 10.9 Å². The lowest BCUT2D eigenvalue weighted by molar-refractivity contribution is -0.136. The first kappa shape index (κ1) is 10.4. The van der Waals surface area contributed by atoms with Crippen molar-refractivity contribution in [3.8, 4) is 0 Å². The van der Waals surface area contributed by atoms with Crippen LogP contribution in [0.4, 0.5) is 13.2 Å². The van der Waals surface area contributed by atoms with Crippen molar-refractivity contribution in [1.29, 1.82) is 0 Å².